The van der Waals surface area contributed by atoms with Gasteiger partial charge in [-0.25, -0.2) is 0 Å². The Morgan fingerprint density at radius 2 is 1.35 bits per heavy atom. The van der Waals surface area contributed by atoms with E-state index in [4.69, 9.17) is 27.9 Å². The molecule has 4 rings (SSSR count). The van der Waals surface area contributed by atoms with Crippen molar-refractivity contribution in [3.63, 3.8) is 0 Å². The monoisotopic (exact) mass is 612 g/mol. The number of quaternary nitrogens is 1. The quantitative estimate of drug-likeness (QED) is 0.313. The van der Waals surface area contributed by atoms with Crippen LogP contribution in [0.3, 0.4) is 0 Å². The highest BCUT2D eigenvalue weighted by Crippen LogP contribution is 2.29. The van der Waals surface area contributed by atoms with Crippen molar-refractivity contribution in [2.45, 2.75) is 12.2 Å². The number of para-hydroxylation sites is 1. The van der Waals surface area contributed by atoms with Gasteiger partial charge in [-0.15, -0.1) is 0 Å². The molecule has 3 aromatic carbocycles. The first kappa shape index (κ1) is 27.2. The number of aliphatic hydroxyl groups is 1. The summed E-state index contributed by atoms with van der Waals surface area (Å²) in [5, 5.41) is 12.2. The van der Waals surface area contributed by atoms with Crippen LogP contribution in [0.1, 0.15) is 17.2 Å². The first-order valence-electron chi connectivity index (χ1n) is 11.4. The molecule has 7 heteroatoms. The van der Waals surface area contributed by atoms with Crippen LogP contribution < -0.4 is 28.9 Å². The fraction of sp³-hybridized carbons (Fsp3) is 0.333. The lowest BCUT2D eigenvalue weighted by atomic mass is 10.0. The Morgan fingerprint density at radius 3 is 1.85 bits per heavy atom. The number of anilines is 1. The normalized spacial score (nSPS) is 16.2. The van der Waals surface area contributed by atoms with E-state index >= 15 is 0 Å². The molecule has 34 heavy (non-hydrogen) atoms. The molecule has 1 N–H and O–H groups in total. The van der Waals surface area contributed by atoms with Crippen molar-refractivity contribution in [2.75, 3.05) is 51.3 Å². The Bertz CT molecular complexity index is 966. The number of ether oxygens (including phenoxy) is 1. The summed E-state index contributed by atoms with van der Waals surface area (Å²) in [7, 11) is 2.22. The summed E-state index contributed by atoms with van der Waals surface area (Å²) in [6, 6.07) is 25.8. The van der Waals surface area contributed by atoms with Gasteiger partial charge in [0.2, 0.25) is 0 Å². The average molecular weight is 613 g/mol. The van der Waals surface area contributed by atoms with Gasteiger partial charge in [0.1, 0.15) is 18.8 Å². The largest absolute Gasteiger partial charge is 1.00 e. The van der Waals surface area contributed by atoms with E-state index in [2.05, 4.69) is 36.2 Å². The van der Waals surface area contributed by atoms with Crippen molar-refractivity contribution in [3.05, 3.63) is 100 Å². The maximum Gasteiger partial charge on any atom is 0.126 e. The highest BCUT2D eigenvalue weighted by Gasteiger charge is 2.31. The number of likely N-dealkylation sites (N-methyl/N-ethyl adjacent to an activating group) is 1. The molecule has 0 aliphatic carbocycles. The highest BCUT2D eigenvalue weighted by atomic mass is 127. The summed E-state index contributed by atoms with van der Waals surface area (Å²) >= 11 is 12.2. The van der Waals surface area contributed by atoms with Gasteiger partial charge in [-0.05, 0) is 47.5 Å². The number of hydrogen-bond acceptors (Lipinski definition) is 3. The second-order valence-corrected chi connectivity index (χ2v) is 9.92. The van der Waals surface area contributed by atoms with Gasteiger partial charge in [-0.2, -0.15) is 0 Å². The molecule has 0 bridgehead atoms. The Hall–Kier alpha value is -1.35. The Kier molecular flexibility index (Phi) is 10.1. The van der Waals surface area contributed by atoms with Crippen LogP contribution in [0.2, 0.25) is 10.0 Å². The maximum atomic E-state index is 10.9. The molecule has 1 fully saturated rings. The van der Waals surface area contributed by atoms with E-state index in [0.29, 0.717) is 16.6 Å². The Morgan fingerprint density at radius 1 is 0.853 bits per heavy atom. The van der Waals surface area contributed by atoms with E-state index in [1.54, 1.807) is 0 Å². The van der Waals surface area contributed by atoms with Crippen LogP contribution in [0.5, 0.6) is 0 Å². The SMILES string of the molecule is C[N+]1(CC(O)COC(c2ccc(Cl)cc2)c2ccc(Cl)cc2)CCN(c2ccccc2)CC1.[I-]. The number of rotatable bonds is 8. The molecule has 0 saturated carbocycles. The topological polar surface area (TPSA) is 32.7 Å². The van der Waals surface area contributed by atoms with E-state index in [9.17, 15) is 5.11 Å². The van der Waals surface area contributed by atoms with Crippen LogP contribution >= 0.6 is 23.2 Å². The van der Waals surface area contributed by atoms with Crippen molar-refractivity contribution in [1.82, 2.24) is 0 Å². The molecule has 0 radical (unpaired) electrons. The van der Waals surface area contributed by atoms with E-state index in [1.165, 1.54) is 5.69 Å². The summed E-state index contributed by atoms with van der Waals surface area (Å²) in [5.74, 6) is 0. The second kappa shape index (κ2) is 12.6. The average Bonchev–Trinajstić information content (AvgIpc) is 2.82. The summed E-state index contributed by atoms with van der Waals surface area (Å²) in [6.45, 7) is 4.86. The minimum Gasteiger partial charge on any atom is -1.00 e. The molecule has 1 saturated heterocycles. The molecule has 1 aliphatic rings. The molecular formula is C27H31Cl2IN2O2. The Balaban J connectivity index is 0.00000324. The zero-order chi connectivity index (χ0) is 23.3. The lowest BCUT2D eigenvalue weighted by Gasteiger charge is -2.43. The first-order chi connectivity index (χ1) is 15.9. The molecule has 1 unspecified atom stereocenters. The molecule has 0 spiro atoms. The van der Waals surface area contributed by atoms with Crippen LogP contribution in [0.15, 0.2) is 78.9 Å². The first-order valence-corrected chi connectivity index (χ1v) is 12.1. The van der Waals surface area contributed by atoms with Gasteiger partial charge in [0, 0.05) is 15.7 Å². The van der Waals surface area contributed by atoms with Crippen molar-refractivity contribution >= 4 is 28.9 Å². The summed E-state index contributed by atoms with van der Waals surface area (Å²) in [6.07, 6.45) is -0.852. The van der Waals surface area contributed by atoms with Gasteiger partial charge in [0.05, 0.1) is 39.8 Å². The standard InChI is InChI=1S/C27H31Cl2N2O2.HI/c1-31(17-15-30(16-18-31)25-5-3-2-4-6-25)19-26(32)20-33-27(21-7-11-23(28)12-8-21)22-9-13-24(29)14-10-22;/h2-14,26-27,32H,15-20H2,1H3;1H/q+1;/p-1. The number of halogens is 3. The fourth-order valence-corrected chi connectivity index (χ4v) is 4.71. The maximum absolute atomic E-state index is 10.9. The van der Waals surface area contributed by atoms with Crippen LogP contribution in [0, 0.1) is 0 Å². The summed E-state index contributed by atoms with van der Waals surface area (Å²) in [4.78, 5) is 2.42. The van der Waals surface area contributed by atoms with Crippen molar-refractivity contribution in [1.29, 1.82) is 0 Å². The van der Waals surface area contributed by atoms with Crippen LogP contribution in [-0.2, 0) is 4.74 Å². The zero-order valence-corrected chi connectivity index (χ0v) is 23.0. The number of nitrogens with zero attached hydrogens (tertiary/aromatic N) is 2. The van der Waals surface area contributed by atoms with Gasteiger partial charge in [0.25, 0.3) is 0 Å². The highest BCUT2D eigenvalue weighted by molar-refractivity contribution is 6.30. The summed E-state index contributed by atoms with van der Waals surface area (Å²) < 4.78 is 7.11. The summed E-state index contributed by atoms with van der Waals surface area (Å²) in [5.41, 5.74) is 3.25. The van der Waals surface area contributed by atoms with Crippen molar-refractivity contribution in [2.24, 2.45) is 0 Å². The van der Waals surface area contributed by atoms with Crippen molar-refractivity contribution in [3.8, 4) is 0 Å². The molecule has 1 aliphatic heterocycles. The lowest BCUT2D eigenvalue weighted by Crippen LogP contribution is -3.00. The van der Waals surface area contributed by atoms with Crippen LogP contribution in [-0.4, -0.2) is 62.1 Å². The molecule has 0 aromatic heterocycles. The Labute approximate surface area is 229 Å². The third-order valence-corrected chi connectivity index (χ3v) is 6.90. The molecule has 1 heterocycles. The molecule has 1 atom stereocenters. The molecule has 4 nitrogen and oxygen atoms in total. The number of benzene rings is 3. The number of aliphatic hydroxyl groups excluding tert-OH is 1. The zero-order valence-electron chi connectivity index (χ0n) is 19.3. The van der Waals surface area contributed by atoms with E-state index in [0.717, 1.165) is 41.8 Å². The second-order valence-electron chi connectivity index (χ2n) is 9.04. The van der Waals surface area contributed by atoms with Gasteiger partial charge in [0.15, 0.2) is 0 Å². The minimum atomic E-state index is -0.555. The fourth-order valence-electron chi connectivity index (χ4n) is 4.46. The van der Waals surface area contributed by atoms with E-state index in [-0.39, 0.29) is 36.7 Å². The van der Waals surface area contributed by atoms with Gasteiger partial charge in [-0.3, -0.25) is 0 Å². The third-order valence-electron chi connectivity index (χ3n) is 6.39. The third kappa shape index (κ3) is 7.33. The molecule has 182 valence electrons. The van der Waals surface area contributed by atoms with Gasteiger partial charge in [-0.1, -0.05) is 65.7 Å². The van der Waals surface area contributed by atoms with Crippen LogP contribution in [0.4, 0.5) is 5.69 Å². The predicted molar refractivity (Wildman–Crippen MR) is 136 cm³/mol. The number of piperazine rings is 1. The van der Waals surface area contributed by atoms with E-state index < -0.39 is 6.10 Å². The molecule has 0 amide bonds. The van der Waals surface area contributed by atoms with E-state index in [1.807, 2.05) is 54.6 Å². The molecular weight excluding hydrogens is 582 g/mol. The van der Waals surface area contributed by atoms with Crippen LogP contribution in [0.25, 0.3) is 0 Å². The van der Waals surface area contributed by atoms with Gasteiger partial charge >= 0.3 is 0 Å². The smallest absolute Gasteiger partial charge is 0.126 e. The minimum absolute atomic E-state index is 0. The number of hydrogen-bond donors (Lipinski definition) is 1. The molecule has 3 aromatic rings. The predicted octanol–water partition coefficient (Wildman–Crippen LogP) is 2.43. The lowest BCUT2D eigenvalue weighted by molar-refractivity contribution is -0.913. The van der Waals surface area contributed by atoms with Gasteiger partial charge < -0.3 is 43.2 Å². The van der Waals surface area contributed by atoms with Crippen molar-refractivity contribution < 1.29 is 38.3 Å².